The third-order valence-electron chi connectivity index (χ3n) is 3.02. The van der Waals surface area contributed by atoms with E-state index in [1.807, 2.05) is 6.92 Å². The summed E-state index contributed by atoms with van der Waals surface area (Å²) < 4.78 is 48.7. The highest BCUT2D eigenvalue weighted by Gasteiger charge is 2.34. The van der Waals surface area contributed by atoms with Crippen LogP contribution < -0.4 is 4.90 Å². The second-order valence-electron chi connectivity index (χ2n) is 4.92. The number of amides is 2. The average molecular weight is 349 g/mol. The van der Waals surface area contributed by atoms with Gasteiger partial charge >= 0.3 is 12.2 Å². The smallest absolute Gasteiger partial charge is 0.379 e. The quantitative estimate of drug-likeness (QED) is 0.643. The number of carbonyl (C=O) groups excluding carboxylic acids is 1. The molecule has 136 valence electrons. The number of anilines is 1. The predicted octanol–water partition coefficient (Wildman–Crippen LogP) is 2.56. The minimum Gasteiger partial charge on any atom is -0.379 e. The average Bonchev–Trinajstić information content (AvgIpc) is 2.55. The van der Waals surface area contributed by atoms with Gasteiger partial charge < -0.3 is 14.4 Å². The summed E-state index contributed by atoms with van der Waals surface area (Å²) in [5.74, 6) is 0. The number of likely N-dealkylation sites (N-methyl/N-ethyl adjacent to an activating group) is 1. The van der Waals surface area contributed by atoms with E-state index in [4.69, 9.17) is 9.47 Å². The zero-order valence-corrected chi connectivity index (χ0v) is 13.8. The summed E-state index contributed by atoms with van der Waals surface area (Å²) in [5.41, 5.74) is 0.136. The molecule has 0 unspecified atom stereocenters. The van der Waals surface area contributed by atoms with Crippen molar-refractivity contribution in [1.29, 1.82) is 0 Å². The maximum absolute atomic E-state index is 12.8. The first-order chi connectivity index (χ1) is 11.3. The Balaban J connectivity index is 2.60. The Morgan fingerprint density at radius 3 is 2.38 bits per heavy atom. The number of urea groups is 1. The molecule has 0 bridgehead atoms. The maximum atomic E-state index is 12.8. The van der Waals surface area contributed by atoms with Crippen molar-refractivity contribution in [2.45, 2.75) is 13.1 Å². The highest BCUT2D eigenvalue weighted by Crippen LogP contribution is 2.22. The van der Waals surface area contributed by atoms with Gasteiger partial charge in [-0.15, -0.1) is 0 Å². The first kappa shape index (κ1) is 20.2. The molecule has 1 heterocycles. The van der Waals surface area contributed by atoms with Crippen LogP contribution in [0, 0.1) is 0 Å². The molecular weight excluding hydrogens is 327 g/mol. The van der Waals surface area contributed by atoms with Crippen LogP contribution in [0.25, 0.3) is 0 Å². The number of nitrogens with zero attached hydrogens (tertiary/aromatic N) is 3. The van der Waals surface area contributed by atoms with Crippen LogP contribution in [0.1, 0.15) is 6.92 Å². The molecule has 0 fully saturated rings. The summed E-state index contributed by atoms with van der Waals surface area (Å²) in [7, 11) is 1.43. The fourth-order valence-corrected chi connectivity index (χ4v) is 1.84. The van der Waals surface area contributed by atoms with E-state index in [-0.39, 0.29) is 18.8 Å². The van der Waals surface area contributed by atoms with Crippen molar-refractivity contribution in [1.82, 2.24) is 9.88 Å². The largest absolute Gasteiger partial charge is 0.406 e. The second kappa shape index (κ2) is 10.1. The van der Waals surface area contributed by atoms with E-state index >= 15 is 0 Å². The molecule has 0 saturated carbocycles. The van der Waals surface area contributed by atoms with Crippen molar-refractivity contribution in [3.05, 3.63) is 24.5 Å². The minimum absolute atomic E-state index is 0.136. The highest BCUT2D eigenvalue weighted by atomic mass is 19.4. The Labute approximate surface area is 139 Å². The Morgan fingerprint density at radius 2 is 1.79 bits per heavy atom. The lowest BCUT2D eigenvalue weighted by molar-refractivity contribution is -0.118. The van der Waals surface area contributed by atoms with E-state index in [9.17, 15) is 18.0 Å². The Morgan fingerprint density at radius 1 is 1.17 bits per heavy atom. The molecule has 0 aromatic carbocycles. The third-order valence-corrected chi connectivity index (χ3v) is 3.02. The molecular formula is C15H22F3N3O3. The van der Waals surface area contributed by atoms with Crippen LogP contribution in [0.3, 0.4) is 0 Å². The Kier molecular flexibility index (Phi) is 8.48. The molecule has 0 aliphatic carbocycles. The highest BCUT2D eigenvalue weighted by molar-refractivity contribution is 5.91. The van der Waals surface area contributed by atoms with Gasteiger partial charge in [-0.3, -0.25) is 9.88 Å². The van der Waals surface area contributed by atoms with Gasteiger partial charge in [-0.25, -0.2) is 4.79 Å². The normalized spacial score (nSPS) is 11.4. The number of halogens is 3. The molecule has 6 nitrogen and oxygen atoms in total. The van der Waals surface area contributed by atoms with Gasteiger partial charge in [-0.05, 0) is 19.1 Å². The number of hydrogen-bond donors (Lipinski definition) is 0. The standard InChI is InChI=1S/C15H22F3N3O3/c1-3-23-10-11-24-9-8-20(2)14(22)21(12-15(16,17)18)13-4-6-19-7-5-13/h4-7H,3,8-12H2,1-2H3. The molecule has 24 heavy (non-hydrogen) atoms. The lowest BCUT2D eigenvalue weighted by atomic mass is 10.3. The van der Waals surface area contributed by atoms with Crippen molar-refractivity contribution in [3.8, 4) is 0 Å². The lowest BCUT2D eigenvalue weighted by Gasteiger charge is -2.28. The monoisotopic (exact) mass is 349 g/mol. The second-order valence-corrected chi connectivity index (χ2v) is 4.92. The summed E-state index contributed by atoms with van der Waals surface area (Å²) in [5, 5.41) is 0. The van der Waals surface area contributed by atoms with Crippen molar-refractivity contribution in [3.63, 3.8) is 0 Å². The SMILES string of the molecule is CCOCCOCCN(C)C(=O)N(CC(F)(F)F)c1ccncc1. The van der Waals surface area contributed by atoms with E-state index in [1.54, 1.807) is 0 Å². The lowest BCUT2D eigenvalue weighted by Crippen LogP contribution is -2.46. The van der Waals surface area contributed by atoms with Crippen molar-refractivity contribution < 1.29 is 27.4 Å². The van der Waals surface area contributed by atoms with E-state index in [0.29, 0.717) is 24.7 Å². The van der Waals surface area contributed by atoms with Crippen molar-refractivity contribution in [2.24, 2.45) is 0 Å². The molecule has 0 aliphatic heterocycles. The van der Waals surface area contributed by atoms with Crippen LogP contribution >= 0.6 is 0 Å². The van der Waals surface area contributed by atoms with Gasteiger partial charge in [0.2, 0.25) is 0 Å². The van der Waals surface area contributed by atoms with Crippen molar-refractivity contribution >= 4 is 11.7 Å². The number of carbonyl (C=O) groups is 1. The zero-order chi connectivity index (χ0) is 18.0. The molecule has 0 saturated heterocycles. The fraction of sp³-hybridized carbons (Fsp3) is 0.600. The minimum atomic E-state index is -4.51. The zero-order valence-electron chi connectivity index (χ0n) is 13.8. The van der Waals surface area contributed by atoms with Gasteiger partial charge in [0.15, 0.2) is 0 Å². The first-order valence-electron chi connectivity index (χ1n) is 7.50. The molecule has 0 N–H and O–H groups in total. The number of aromatic nitrogens is 1. The number of ether oxygens (including phenoxy) is 2. The Hall–Kier alpha value is -1.87. The molecule has 1 rings (SSSR count). The summed E-state index contributed by atoms with van der Waals surface area (Å²) in [4.78, 5) is 17.9. The van der Waals surface area contributed by atoms with Crippen LogP contribution in [0.4, 0.5) is 23.7 Å². The van der Waals surface area contributed by atoms with E-state index in [0.717, 1.165) is 0 Å². The van der Waals surface area contributed by atoms with Crippen LogP contribution in [-0.2, 0) is 9.47 Å². The molecule has 0 radical (unpaired) electrons. The summed E-state index contributed by atoms with van der Waals surface area (Å²) >= 11 is 0. The summed E-state index contributed by atoms with van der Waals surface area (Å²) in [6.45, 7) is 2.26. The maximum Gasteiger partial charge on any atom is 0.406 e. The molecule has 1 aromatic rings. The fourth-order valence-electron chi connectivity index (χ4n) is 1.84. The predicted molar refractivity (Wildman–Crippen MR) is 83.0 cm³/mol. The van der Waals surface area contributed by atoms with E-state index < -0.39 is 18.8 Å². The Bertz CT molecular complexity index is 486. The third kappa shape index (κ3) is 7.60. The molecule has 2 amide bonds. The molecule has 0 spiro atoms. The van der Waals surface area contributed by atoms with Crippen LogP contribution in [0.15, 0.2) is 24.5 Å². The van der Waals surface area contributed by atoms with E-state index in [1.165, 1.54) is 36.5 Å². The van der Waals surface area contributed by atoms with Crippen LogP contribution in [0.5, 0.6) is 0 Å². The van der Waals surface area contributed by atoms with Crippen molar-refractivity contribution in [2.75, 3.05) is 51.5 Å². The van der Waals surface area contributed by atoms with Gasteiger partial charge in [0, 0.05) is 38.3 Å². The van der Waals surface area contributed by atoms with Gasteiger partial charge in [0.25, 0.3) is 0 Å². The number of alkyl halides is 3. The number of hydrogen-bond acceptors (Lipinski definition) is 4. The molecule has 0 aliphatic rings. The molecule has 1 aromatic heterocycles. The van der Waals surface area contributed by atoms with Gasteiger partial charge in [0.05, 0.1) is 19.8 Å². The topological polar surface area (TPSA) is 54.9 Å². The van der Waals surface area contributed by atoms with Gasteiger partial charge in [-0.1, -0.05) is 0 Å². The van der Waals surface area contributed by atoms with Crippen LogP contribution in [0.2, 0.25) is 0 Å². The first-order valence-corrected chi connectivity index (χ1v) is 7.50. The summed E-state index contributed by atoms with van der Waals surface area (Å²) in [6, 6.07) is 1.96. The molecule has 9 heteroatoms. The van der Waals surface area contributed by atoms with Gasteiger partial charge in [-0.2, -0.15) is 13.2 Å². The molecule has 0 atom stereocenters. The number of rotatable bonds is 9. The van der Waals surface area contributed by atoms with Gasteiger partial charge in [0.1, 0.15) is 6.54 Å². The summed E-state index contributed by atoms with van der Waals surface area (Å²) in [6.07, 6.45) is -1.83. The van der Waals surface area contributed by atoms with Crippen LogP contribution in [-0.4, -0.2) is 68.7 Å². The van der Waals surface area contributed by atoms with E-state index in [2.05, 4.69) is 4.98 Å². The number of pyridine rings is 1.